The van der Waals surface area contributed by atoms with Gasteiger partial charge in [0.05, 0.1) is 28.5 Å². The number of hydrogen-bond acceptors (Lipinski definition) is 6. The fourth-order valence-corrected chi connectivity index (χ4v) is 3.58. The fraction of sp³-hybridized carbons (Fsp3) is 0.579. The molecule has 2 heterocycles. The third kappa shape index (κ3) is 4.57. The summed E-state index contributed by atoms with van der Waals surface area (Å²) in [7, 11) is 1.79. The first-order valence-electron chi connectivity index (χ1n) is 9.44. The summed E-state index contributed by atoms with van der Waals surface area (Å²) in [5.41, 5.74) is 1.08. The lowest BCUT2D eigenvalue weighted by Gasteiger charge is -2.35. The number of nitrogens with one attached hydrogen (secondary N) is 1. The zero-order chi connectivity index (χ0) is 21.5. The number of aromatic nitrogens is 2. The van der Waals surface area contributed by atoms with Gasteiger partial charge < -0.3 is 19.5 Å². The van der Waals surface area contributed by atoms with Gasteiger partial charge in [-0.05, 0) is 33.8 Å². The third-order valence-corrected chi connectivity index (χ3v) is 4.77. The summed E-state index contributed by atoms with van der Waals surface area (Å²) in [5.74, 6) is 0.498. The number of benzene rings is 1. The molecule has 1 aliphatic rings. The quantitative estimate of drug-likeness (QED) is 0.619. The molecule has 1 amide bonds. The minimum atomic E-state index is -1.15. The molecule has 3 rings (SSSR count). The summed E-state index contributed by atoms with van der Waals surface area (Å²) >= 11 is 0. The molecule has 1 fully saturated rings. The van der Waals surface area contributed by atoms with E-state index in [0.29, 0.717) is 23.6 Å². The topological polar surface area (TPSA) is 103 Å². The molecule has 1 saturated heterocycles. The summed E-state index contributed by atoms with van der Waals surface area (Å²) in [6.45, 7) is 7.45. The second-order valence-corrected chi connectivity index (χ2v) is 8.44. The van der Waals surface area contributed by atoms with E-state index in [4.69, 9.17) is 4.74 Å². The van der Waals surface area contributed by atoms with Crippen molar-refractivity contribution in [1.29, 1.82) is 0 Å². The Morgan fingerprint density at radius 3 is 2.69 bits per heavy atom. The van der Waals surface area contributed by atoms with Crippen LogP contribution in [0.4, 0.5) is 20.8 Å². The summed E-state index contributed by atoms with van der Waals surface area (Å²) in [4.78, 5) is 29.1. The number of nitrogens with zero attached hydrogens (tertiary/aromatic N) is 4. The maximum atomic E-state index is 14.4. The standard InChI is InChI=1S/C19H26FN5O4/c1-11-6-16-14(8-15(11)25(27)28)22-17(23(16)5)24-9-12(20)7-13(10-24)21-18(26)29-19(2,3)4/h6,8,12-13H,7,9-10H2,1-5H3,(H,21,26)/t12-,13-/m1/s1. The van der Waals surface area contributed by atoms with Crippen molar-refractivity contribution in [2.75, 3.05) is 18.0 Å². The Labute approximate surface area is 168 Å². The van der Waals surface area contributed by atoms with E-state index < -0.39 is 28.8 Å². The van der Waals surface area contributed by atoms with E-state index in [1.807, 2.05) is 0 Å². The molecule has 1 aromatic heterocycles. The molecule has 1 aliphatic heterocycles. The Morgan fingerprint density at radius 2 is 2.07 bits per heavy atom. The number of fused-ring (bicyclic) bond motifs is 1. The van der Waals surface area contributed by atoms with Gasteiger partial charge in [0, 0.05) is 31.6 Å². The Hall–Kier alpha value is -2.91. The maximum Gasteiger partial charge on any atom is 0.407 e. The second-order valence-electron chi connectivity index (χ2n) is 8.44. The highest BCUT2D eigenvalue weighted by molar-refractivity contribution is 5.82. The number of alkyl carbamates (subject to hydrolysis) is 1. The monoisotopic (exact) mass is 407 g/mol. The fourth-order valence-electron chi connectivity index (χ4n) is 3.58. The molecule has 0 bridgehead atoms. The van der Waals surface area contributed by atoms with Crippen molar-refractivity contribution in [3.8, 4) is 0 Å². The first-order chi connectivity index (χ1) is 13.4. The lowest BCUT2D eigenvalue weighted by atomic mass is 10.0. The van der Waals surface area contributed by atoms with Gasteiger partial charge in [0.1, 0.15) is 11.8 Å². The highest BCUT2D eigenvalue weighted by Gasteiger charge is 2.32. The van der Waals surface area contributed by atoms with Gasteiger partial charge in [0.25, 0.3) is 5.69 Å². The maximum absolute atomic E-state index is 14.4. The molecule has 0 aliphatic carbocycles. The minimum Gasteiger partial charge on any atom is -0.444 e. The number of nitro groups is 1. The summed E-state index contributed by atoms with van der Waals surface area (Å²) in [6.07, 6.45) is -1.56. The molecule has 9 nitrogen and oxygen atoms in total. The highest BCUT2D eigenvalue weighted by Crippen LogP contribution is 2.29. The number of halogens is 1. The highest BCUT2D eigenvalue weighted by atomic mass is 19.1. The van der Waals surface area contributed by atoms with E-state index in [1.165, 1.54) is 6.07 Å². The molecule has 1 N–H and O–H groups in total. The van der Waals surface area contributed by atoms with Crippen molar-refractivity contribution < 1.29 is 18.8 Å². The molecule has 158 valence electrons. The molecule has 0 unspecified atom stereocenters. The Bertz CT molecular complexity index is 952. The number of amides is 1. The van der Waals surface area contributed by atoms with Crippen LogP contribution >= 0.6 is 0 Å². The van der Waals surface area contributed by atoms with Crippen LogP contribution in [0.1, 0.15) is 32.8 Å². The SMILES string of the molecule is Cc1cc2c(cc1[N+](=O)[O-])nc(N1C[C@H](F)C[C@@H](NC(=O)OC(C)(C)C)C1)n2C. The molecule has 0 radical (unpaired) electrons. The van der Waals surface area contributed by atoms with Crippen LogP contribution in [0.25, 0.3) is 11.0 Å². The molecule has 29 heavy (non-hydrogen) atoms. The van der Waals surface area contributed by atoms with Crippen molar-refractivity contribution in [3.05, 3.63) is 27.8 Å². The predicted molar refractivity (Wildman–Crippen MR) is 107 cm³/mol. The molecule has 2 aromatic rings. The number of hydrogen-bond donors (Lipinski definition) is 1. The first-order valence-corrected chi connectivity index (χ1v) is 9.44. The normalized spacial score (nSPS) is 20.0. The smallest absolute Gasteiger partial charge is 0.407 e. The average molecular weight is 407 g/mol. The van der Waals surface area contributed by atoms with Crippen molar-refractivity contribution in [3.63, 3.8) is 0 Å². The molecular weight excluding hydrogens is 381 g/mol. The second kappa shape index (κ2) is 7.49. The van der Waals surface area contributed by atoms with Gasteiger partial charge in [0.15, 0.2) is 0 Å². The lowest BCUT2D eigenvalue weighted by Crippen LogP contribution is -2.53. The van der Waals surface area contributed by atoms with E-state index in [0.717, 1.165) is 5.52 Å². The van der Waals surface area contributed by atoms with Crippen LogP contribution in [0.5, 0.6) is 0 Å². The molecule has 0 saturated carbocycles. The van der Waals surface area contributed by atoms with Crippen molar-refractivity contribution in [2.24, 2.45) is 7.05 Å². The number of anilines is 1. The van der Waals surface area contributed by atoms with Gasteiger partial charge in [-0.2, -0.15) is 0 Å². The lowest BCUT2D eigenvalue weighted by molar-refractivity contribution is -0.385. The van der Waals surface area contributed by atoms with E-state index in [1.54, 1.807) is 50.3 Å². The largest absolute Gasteiger partial charge is 0.444 e. The van der Waals surface area contributed by atoms with E-state index in [9.17, 15) is 19.3 Å². The van der Waals surface area contributed by atoms with Crippen molar-refractivity contribution in [2.45, 2.75) is 51.9 Å². The summed E-state index contributed by atoms with van der Waals surface area (Å²) in [6, 6.07) is 2.70. The van der Waals surface area contributed by atoms with Gasteiger partial charge in [-0.3, -0.25) is 10.1 Å². The van der Waals surface area contributed by atoms with Gasteiger partial charge in [-0.15, -0.1) is 0 Å². The third-order valence-electron chi connectivity index (χ3n) is 4.77. The Kier molecular flexibility index (Phi) is 5.38. The zero-order valence-corrected chi connectivity index (χ0v) is 17.2. The predicted octanol–water partition coefficient (Wildman–Crippen LogP) is 3.23. The Balaban J connectivity index is 1.85. The van der Waals surface area contributed by atoms with Crippen LogP contribution in [-0.4, -0.2) is 51.5 Å². The number of carbonyl (C=O) groups is 1. The number of rotatable bonds is 3. The Morgan fingerprint density at radius 1 is 1.38 bits per heavy atom. The number of alkyl halides is 1. The van der Waals surface area contributed by atoms with Crippen molar-refractivity contribution >= 4 is 28.8 Å². The number of ether oxygens (including phenoxy) is 1. The van der Waals surface area contributed by atoms with Gasteiger partial charge in [-0.25, -0.2) is 14.2 Å². The van der Waals surface area contributed by atoms with E-state index in [-0.39, 0.29) is 18.7 Å². The van der Waals surface area contributed by atoms with Crippen LogP contribution in [0, 0.1) is 17.0 Å². The molecule has 0 spiro atoms. The zero-order valence-electron chi connectivity index (χ0n) is 17.2. The number of carbonyl (C=O) groups excluding carboxylic acids is 1. The van der Waals surface area contributed by atoms with Crippen LogP contribution in [0.3, 0.4) is 0 Å². The van der Waals surface area contributed by atoms with Gasteiger partial charge >= 0.3 is 6.09 Å². The van der Waals surface area contributed by atoms with Crippen molar-refractivity contribution in [1.82, 2.24) is 14.9 Å². The van der Waals surface area contributed by atoms with Gasteiger partial charge in [-0.1, -0.05) is 0 Å². The van der Waals surface area contributed by atoms with E-state index in [2.05, 4.69) is 10.3 Å². The number of piperidine rings is 1. The number of aryl methyl sites for hydroxylation is 2. The van der Waals surface area contributed by atoms with Crippen LogP contribution in [-0.2, 0) is 11.8 Å². The minimum absolute atomic E-state index is 0.00590. The first kappa shape index (κ1) is 20.8. The summed E-state index contributed by atoms with van der Waals surface area (Å²) in [5, 5.41) is 13.9. The molecular formula is C19H26FN5O4. The summed E-state index contributed by atoms with van der Waals surface area (Å²) < 4.78 is 21.5. The van der Waals surface area contributed by atoms with Gasteiger partial charge in [0.2, 0.25) is 5.95 Å². The molecule has 10 heteroatoms. The number of nitro benzene ring substituents is 1. The van der Waals surface area contributed by atoms with Crippen LogP contribution in [0.2, 0.25) is 0 Å². The van der Waals surface area contributed by atoms with Crippen LogP contribution < -0.4 is 10.2 Å². The van der Waals surface area contributed by atoms with E-state index >= 15 is 0 Å². The molecule has 2 atom stereocenters. The van der Waals surface area contributed by atoms with Crippen LogP contribution in [0.15, 0.2) is 12.1 Å². The number of imidazole rings is 1. The average Bonchev–Trinajstić information content (AvgIpc) is 2.88. The molecule has 1 aromatic carbocycles.